The molecule has 0 radical (unpaired) electrons. The maximum atomic E-state index is 11.7. The van der Waals surface area contributed by atoms with Crippen molar-refractivity contribution in [2.45, 2.75) is 57.6 Å². The van der Waals surface area contributed by atoms with E-state index in [9.17, 15) is 9.59 Å². The van der Waals surface area contributed by atoms with Gasteiger partial charge in [0, 0.05) is 5.92 Å². The summed E-state index contributed by atoms with van der Waals surface area (Å²) in [6.45, 7) is 5.32. The van der Waals surface area contributed by atoms with Crippen molar-refractivity contribution in [3.05, 3.63) is 0 Å². The Morgan fingerprint density at radius 2 is 1.83 bits per heavy atom. The third-order valence-corrected chi connectivity index (χ3v) is 2.61. The molecule has 0 spiro atoms. The number of alkyl carbamates (subject to hydrolysis) is 1. The lowest BCUT2D eigenvalue weighted by Gasteiger charge is -2.27. The minimum Gasteiger partial charge on any atom is -0.472 e. The SMILES string of the molecule is CC(C)(C)OC(=O)NC1(C#CC(=O)O)CCCC1. The number of rotatable bonds is 1. The number of hydrogen-bond donors (Lipinski definition) is 2. The van der Waals surface area contributed by atoms with Gasteiger partial charge in [0.2, 0.25) is 0 Å². The van der Waals surface area contributed by atoms with Crippen molar-refractivity contribution in [3.63, 3.8) is 0 Å². The Morgan fingerprint density at radius 1 is 1.28 bits per heavy atom. The number of carbonyl (C=O) groups is 2. The fourth-order valence-electron chi connectivity index (χ4n) is 1.93. The van der Waals surface area contributed by atoms with Crippen LogP contribution in [0.1, 0.15) is 46.5 Å². The van der Waals surface area contributed by atoms with Crippen LogP contribution in [-0.4, -0.2) is 28.3 Å². The second kappa shape index (κ2) is 5.30. The zero-order chi connectivity index (χ0) is 13.8. The van der Waals surface area contributed by atoms with Gasteiger partial charge in [0.1, 0.15) is 11.1 Å². The molecular formula is C13H19NO4. The average Bonchev–Trinajstić information content (AvgIpc) is 2.61. The molecule has 0 aromatic rings. The fourth-order valence-corrected chi connectivity index (χ4v) is 1.93. The van der Waals surface area contributed by atoms with Crippen molar-refractivity contribution in [2.75, 3.05) is 0 Å². The standard InChI is InChI=1S/C13H19NO4/c1-12(2,3)18-11(17)14-13(7-4-5-8-13)9-6-10(15)16/h4-5,7-8H2,1-3H3,(H,14,17)(H,15,16). The van der Waals surface area contributed by atoms with Gasteiger partial charge in [0.15, 0.2) is 0 Å². The topological polar surface area (TPSA) is 75.6 Å². The van der Waals surface area contributed by atoms with Crippen LogP contribution in [-0.2, 0) is 9.53 Å². The van der Waals surface area contributed by atoms with E-state index in [2.05, 4.69) is 17.2 Å². The largest absolute Gasteiger partial charge is 0.472 e. The molecule has 1 saturated carbocycles. The number of carboxylic acids is 1. The Morgan fingerprint density at radius 3 is 2.28 bits per heavy atom. The van der Waals surface area contributed by atoms with Gasteiger partial charge in [-0.15, -0.1) is 0 Å². The number of nitrogens with one attached hydrogen (secondary N) is 1. The first-order valence-electron chi connectivity index (χ1n) is 6.00. The zero-order valence-corrected chi connectivity index (χ0v) is 11.0. The number of hydrogen-bond acceptors (Lipinski definition) is 3. The average molecular weight is 253 g/mol. The molecule has 0 saturated heterocycles. The lowest BCUT2D eigenvalue weighted by molar-refractivity contribution is -0.130. The molecule has 1 fully saturated rings. The summed E-state index contributed by atoms with van der Waals surface area (Å²) in [4.78, 5) is 22.2. The number of carboxylic acid groups (broad SMARTS) is 1. The highest BCUT2D eigenvalue weighted by molar-refractivity contribution is 5.87. The molecule has 0 unspecified atom stereocenters. The number of amides is 1. The first kappa shape index (κ1) is 14.4. The number of aliphatic carboxylic acids is 1. The van der Waals surface area contributed by atoms with Gasteiger partial charge < -0.3 is 15.2 Å². The van der Waals surface area contributed by atoms with Crippen LogP contribution in [0.25, 0.3) is 0 Å². The lowest BCUT2D eigenvalue weighted by atomic mass is 9.99. The monoisotopic (exact) mass is 253 g/mol. The number of ether oxygens (including phenoxy) is 1. The summed E-state index contributed by atoms with van der Waals surface area (Å²) in [6, 6.07) is 0. The summed E-state index contributed by atoms with van der Waals surface area (Å²) in [5.41, 5.74) is -1.33. The molecular weight excluding hydrogens is 234 g/mol. The summed E-state index contributed by atoms with van der Waals surface area (Å²) >= 11 is 0. The minimum absolute atomic E-state index is 0.552. The molecule has 18 heavy (non-hydrogen) atoms. The van der Waals surface area contributed by atoms with Gasteiger partial charge in [0.05, 0.1) is 0 Å². The third kappa shape index (κ3) is 4.66. The summed E-state index contributed by atoms with van der Waals surface area (Å²) < 4.78 is 5.17. The van der Waals surface area contributed by atoms with E-state index in [-0.39, 0.29) is 0 Å². The molecule has 0 aliphatic heterocycles. The first-order valence-corrected chi connectivity index (χ1v) is 6.00. The predicted molar refractivity (Wildman–Crippen MR) is 66.0 cm³/mol. The number of carbonyl (C=O) groups excluding carboxylic acids is 1. The molecule has 0 aromatic carbocycles. The lowest BCUT2D eigenvalue weighted by Crippen LogP contribution is -2.47. The summed E-state index contributed by atoms with van der Waals surface area (Å²) in [5, 5.41) is 11.3. The Hall–Kier alpha value is -1.70. The van der Waals surface area contributed by atoms with Gasteiger partial charge in [-0.1, -0.05) is 5.92 Å². The van der Waals surface area contributed by atoms with Crippen molar-refractivity contribution in [1.82, 2.24) is 5.32 Å². The summed E-state index contributed by atoms with van der Waals surface area (Å²) in [7, 11) is 0. The van der Waals surface area contributed by atoms with Crippen molar-refractivity contribution >= 4 is 12.1 Å². The van der Waals surface area contributed by atoms with Gasteiger partial charge in [-0.2, -0.15) is 0 Å². The van der Waals surface area contributed by atoms with Crippen LogP contribution in [0.15, 0.2) is 0 Å². The Labute approximate surface area is 107 Å². The van der Waals surface area contributed by atoms with E-state index in [1.165, 1.54) is 0 Å². The first-order chi connectivity index (χ1) is 8.22. The van der Waals surface area contributed by atoms with E-state index in [1.54, 1.807) is 20.8 Å². The van der Waals surface area contributed by atoms with Gasteiger partial charge in [-0.05, 0) is 46.5 Å². The molecule has 0 aromatic heterocycles. The van der Waals surface area contributed by atoms with Crippen LogP contribution in [0.4, 0.5) is 4.79 Å². The highest BCUT2D eigenvalue weighted by Crippen LogP contribution is 2.29. The summed E-state index contributed by atoms with van der Waals surface area (Å²) in [5.74, 6) is 3.55. The van der Waals surface area contributed by atoms with Crippen LogP contribution in [0.5, 0.6) is 0 Å². The molecule has 2 N–H and O–H groups in total. The van der Waals surface area contributed by atoms with E-state index >= 15 is 0 Å². The molecule has 1 rings (SSSR count). The second-order valence-electron chi connectivity index (χ2n) is 5.47. The maximum absolute atomic E-state index is 11.7. The molecule has 5 nitrogen and oxygen atoms in total. The predicted octanol–water partition coefficient (Wildman–Crippen LogP) is 1.91. The quantitative estimate of drug-likeness (QED) is 0.700. The van der Waals surface area contributed by atoms with E-state index in [1.807, 2.05) is 0 Å². The third-order valence-electron chi connectivity index (χ3n) is 2.61. The highest BCUT2D eigenvalue weighted by Gasteiger charge is 2.35. The van der Waals surface area contributed by atoms with Crippen LogP contribution in [0, 0.1) is 11.8 Å². The van der Waals surface area contributed by atoms with E-state index < -0.39 is 23.2 Å². The normalized spacial score (nSPS) is 17.5. The smallest absolute Gasteiger partial charge is 0.408 e. The zero-order valence-electron chi connectivity index (χ0n) is 11.0. The van der Waals surface area contributed by atoms with Gasteiger partial charge >= 0.3 is 12.1 Å². The minimum atomic E-state index is -1.19. The van der Waals surface area contributed by atoms with Crippen molar-refractivity contribution < 1.29 is 19.4 Å². The van der Waals surface area contributed by atoms with E-state index in [0.717, 1.165) is 12.8 Å². The van der Waals surface area contributed by atoms with Crippen molar-refractivity contribution in [1.29, 1.82) is 0 Å². The maximum Gasteiger partial charge on any atom is 0.408 e. The van der Waals surface area contributed by atoms with Crippen molar-refractivity contribution in [3.8, 4) is 11.8 Å². The molecule has 0 bridgehead atoms. The highest BCUT2D eigenvalue weighted by atomic mass is 16.6. The van der Waals surface area contributed by atoms with E-state index in [4.69, 9.17) is 9.84 Å². The van der Waals surface area contributed by atoms with E-state index in [0.29, 0.717) is 12.8 Å². The molecule has 0 atom stereocenters. The Bertz CT molecular complexity index is 391. The summed E-state index contributed by atoms with van der Waals surface area (Å²) in [6.07, 6.45) is 2.61. The van der Waals surface area contributed by atoms with Gasteiger partial charge in [-0.3, -0.25) is 0 Å². The van der Waals surface area contributed by atoms with Crippen LogP contribution in [0.3, 0.4) is 0 Å². The van der Waals surface area contributed by atoms with Crippen LogP contribution >= 0.6 is 0 Å². The Kier molecular flexibility index (Phi) is 4.23. The molecule has 1 aliphatic carbocycles. The van der Waals surface area contributed by atoms with Gasteiger partial charge in [0.25, 0.3) is 0 Å². The van der Waals surface area contributed by atoms with Crippen LogP contribution in [0.2, 0.25) is 0 Å². The Balaban J connectivity index is 2.73. The molecule has 0 heterocycles. The molecule has 1 aliphatic rings. The second-order valence-corrected chi connectivity index (χ2v) is 5.47. The fraction of sp³-hybridized carbons (Fsp3) is 0.692. The molecule has 100 valence electrons. The van der Waals surface area contributed by atoms with Crippen molar-refractivity contribution in [2.24, 2.45) is 0 Å². The van der Waals surface area contributed by atoms with Gasteiger partial charge in [-0.25, -0.2) is 9.59 Å². The molecule has 1 amide bonds. The van der Waals surface area contributed by atoms with Crippen LogP contribution < -0.4 is 5.32 Å². The molecule has 5 heteroatoms.